The van der Waals surface area contributed by atoms with Crippen molar-refractivity contribution in [3.63, 3.8) is 0 Å². The van der Waals surface area contributed by atoms with Crippen LogP contribution in [0, 0.1) is 6.92 Å². The first-order chi connectivity index (χ1) is 19.5. The predicted molar refractivity (Wildman–Crippen MR) is 158 cm³/mol. The maximum absolute atomic E-state index is 12.5. The van der Waals surface area contributed by atoms with Crippen LogP contribution in [0.15, 0.2) is 30.3 Å². The minimum Gasteiger partial charge on any atom is -0.383 e. The molecule has 1 aliphatic carbocycles. The van der Waals surface area contributed by atoms with Gasteiger partial charge in [0.15, 0.2) is 0 Å². The second kappa shape index (κ2) is 17.5. The van der Waals surface area contributed by atoms with Crippen molar-refractivity contribution in [2.24, 2.45) is 0 Å². The molecular formula is C30H46N6O4. The molecule has 4 aliphatic rings. The fourth-order valence-electron chi connectivity index (χ4n) is 4.94. The molecule has 40 heavy (non-hydrogen) atoms. The van der Waals surface area contributed by atoms with Crippen molar-refractivity contribution in [1.29, 1.82) is 0 Å². The first kappa shape index (κ1) is 31.3. The van der Waals surface area contributed by atoms with Gasteiger partial charge in [-0.2, -0.15) is 0 Å². The fraction of sp³-hybridized carbons (Fsp3) is 0.600. The minimum absolute atomic E-state index is 0.104. The molecule has 1 aromatic heterocycles. The number of anilines is 2. The summed E-state index contributed by atoms with van der Waals surface area (Å²) in [5.41, 5.74) is 2.58. The molecule has 2 unspecified atom stereocenters. The van der Waals surface area contributed by atoms with Crippen LogP contribution in [0.25, 0.3) is 0 Å². The highest BCUT2D eigenvalue weighted by molar-refractivity contribution is 5.94. The third-order valence-electron chi connectivity index (χ3n) is 6.97. The Morgan fingerprint density at radius 1 is 1.07 bits per heavy atom. The van der Waals surface area contributed by atoms with Crippen LogP contribution >= 0.6 is 0 Å². The monoisotopic (exact) mass is 554 g/mol. The Morgan fingerprint density at radius 3 is 2.25 bits per heavy atom. The molecule has 2 atom stereocenters. The molecule has 4 fully saturated rings. The first-order valence-electron chi connectivity index (χ1n) is 14.6. The Bertz CT molecular complexity index is 1000. The van der Waals surface area contributed by atoms with Crippen LogP contribution in [0.1, 0.15) is 73.7 Å². The van der Waals surface area contributed by atoms with E-state index in [0.29, 0.717) is 49.7 Å². The number of morpholine rings is 1. The Labute approximate surface area is 238 Å². The van der Waals surface area contributed by atoms with Crippen molar-refractivity contribution in [3.8, 4) is 0 Å². The van der Waals surface area contributed by atoms with E-state index >= 15 is 0 Å². The van der Waals surface area contributed by atoms with Gasteiger partial charge in [-0.05, 0) is 38.1 Å². The number of rotatable bonds is 10. The number of carbonyl (C=O) groups is 2. The quantitative estimate of drug-likeness (QED) is 0.300. The van der Waals surface area contributed by atoms with E-state index in [1.54, 1.807) is 7.11 Å². The number of nitrogens with one attached hydrogen (secondary N) is 3. The number of benzene rings is 1. The van der Waals surface area contributed by atoms with Crippen molar-refractivity contribution < 1.29 is 19.1 Å². The average Bonchev–Trinajstić information content (AvgIpc) is 2.97. The van der Waals surface area contributed by atoms with Gasteiger partial charge in [-0.15, -0.1) is 0 Å². The maximum Gasteiger partial charge on any atom is 0.251 e. The van der Waals surface area contributed by atoms with E-state index < -0.39 is 0 Å². The molecule has 2 bridgehead atoms. The predicted octanol–water partition coefficient (Wildman–Crippen LogP) is 3.84. The van der Waals surface area contributed by atoms with Crippen LogP contribution in [0.3, 0.4) is 0 Å². The standard InChI is InChI=1S/C20H25N5O2.C6H12.C4H9NO2/c1-3-21-19-8-15(23-13(2)24-19)10-22-20(26)14-4-6-16(7-5-14)25-11-17-9-18(12-25)27-17;1-2-4-6-5-3-1;1-7-3-2-5-4-6/h4-8,17-18H,3,9-12H2,1-2H3,(H,22,26)(H,21,23,24);1-6H2;4H,2-3H2,1H3,(H,5,6). The zero-order chi connectivity index (χ0) is 28.6. The van der Waals surface area contributed by atoms with E-state index in [1.807, 2.05) is 44.2 Å². The fourth-order valence-corrected chi connectivity index (χ4v) is 4.94. The highest BCUT2D eigenvalue weighted by Crippen LogP contribution is 2.31. The normalized spacial score (nSPS) is 19.0. The summed E-state index contributed by atoms with van der Waals surface area (Å²) >= 11 is 0. The second-order valence-corrected chi connectivity index (χ2v) is 10.3. The molecule has 0 radical (unpaired) electrons. The molecule has 1 saturated carbocycles. The van der Waals surface area contributed by atoms with Gasteiger partial charge in [0.05, 0.1) is 31.1 Å². The maximum atomic E-state index is 12.5. The summed E-state index contributed by atoms with van der Waals surface area (Å²) in [4.78, 5) is 33.0. The van der Waals surface area contributed by atoms with Crippen molar-refractivity contribution in [1.82, 2.24) is 20.6 Å². The highest BCUT2D eigenvalue weighted by atomic mass is 16.5. The molecule has 10 heteroatoms. The minimum atomic E-state index is -0.104. The van der Waals surface area contributed by atoms with Gasteiger partial charge >= 0.3 is 0 Å². The third kappa shape index (κ3) is 10.7. The SMILES string of the molecule is C1CCCCC1.CCNc1cc(CNC(=O)c2ccc(N3CC4CC(C3)O4)cc2)nc(C)n1.COCCNC=O. The molecule has 3 saturated heterocycles. The van der Waals surface area contributed by atoms with E-state index in [0.717, 1.165) is 36.8 Å². The number of hydrogen-bond donors (Lipinski definition) is 3. The molecule has 3 N–H and O–H groups in total. The highest BCUT2D eigenvalue weighted by Gasteiger charge is 2.38. The van der Waals surface area contributed by atoms with Crippen molar-refractivity contribution in [2.75, 3.05) is 50.1 Å². The van der Waals surface area contributed by atoms with Crippen molar-refractivity contribution in [2.45, 2.75) is 77.5 Å². The number of aryl methyl sites for hydroxylation is 1. The van der Waals surface area contributed by atoms with Crippen LogP contribution in [-0.2, 0) is 20.8 Å². The number of ether oxygens (including phenoxy) is 2. The van der Waals surface area contributed by atoms with Crippen LogP contribution in [0.4, 0.5) is 11.5 Å². The molecule has 6 rings (SSSR count). The van der Waals surface area contributed by atoms with Crippen LogP contribution in [-0.4, -0.2) is 74.4 Å². The molecule has 2 aromatic rings. The number of hydrogen-bond acceptors (Lipinski definition) is 8. The third-order valence-corrected chi connectivity index (χ3v) is 6.97. The van der Waals surface area contributed by atoms with Gasteiger partial charge in [0.1, 0.15) is 11.6 Å². The zero-order valence-corrected chi connectivity index (χ0v) is 24.3. The van der Waals surface area contributed by atoms with Crippen LogP contribution in [0.2, 0.25) is 0 Å². The van der Waals surface area contributed by atoms with E-state index in [-0.39, 0.29) is 5.91 Å². The van der Waals surface area contributed by atoms with E-state index in [1.165, 1.54) is 44.9 Å². The lowest BCUT2D eigenvalue weighted by molar-refractivity contribution is -0.133. The number of carbonyl (C=O) groups excluding carboxylic acids is 2. The summed E-state index contributed by atoms with van der Waals surface area (Å²) in [7, 11) is 1.59. The Kier molecular flexibility index (Phi) is 13.7. The number of aromatic nitrogens is 2. The number of methoxy groups -OCH3 is 1. The Hall–Kier alpha value is -3.24. The summed E-state index contributed by atoms with van der Waals surface area (Å²) in [5, 5.41) is 8.55. The van der Waals surface area contributed by atoms with Crippen molar-refractivity contribution in [3.05, 3.63) is 47.4 Å². The van der Waals surface area contributed by atoms with Gasteiger partial charge in [-0.1, -0.05) is 38.5 Å². The molecule has 3 aliphatic heterocycles. The lowest BCUT2D eigenvalue weighted by atomic mass is 9.98. The van der Waals surface area contributed by atoms with E-state index in [9.17, 15) is 9.59 Å². The van der Waals surface area contributed by atoms with Crippen LogP contribution < -0.4 is 20.9 Å². The summed E-state index contributed by atoms with van der Waals surface area (Å²) in [6.07, 6.45) is 11.6. The Morgan fingerprint density at radius 2 is 1.70 bits per heavy atom. The molecule has 2 amide bonds. The van der Waals surface area contributed by atoms with E-state index in [4.69, 9.17) is 4.74 Å². The molecule has 0 spiro atoms. The zero-order valence-electron chi connectivity index (χ0n) is 24.3. The average molecular weight is 555 g/mol. The second-order valence-electron chi connectivity index (χ2n) is 10.3. The topological polar surface area (TPSA) is 118 Å². The van der Waals surface area contributed by atoms with Gasteiger partial charge in [0.25, 0.3) is 5.91 Å². The smallest absolute Gasteiger partial charge is 0.251 e. The Balaban J connectivity index is 0.000000280. The molecular weight excluding hydrogens is 508 g/mol. The van der Waals surface area contributed by atoms with Crippen LogP contribution in [0.5, 0.6) is 0 Å². The first-order valence-corrected chi connectivity index (χ1v) is 14.6. The number of piperidine rings is 1. The number of nitrogens with zero attached hydrogens (tertiary/aromatic N) is 3. The van der Waals surface area contributed by atoms with Gasteiger partial charge in [0, 0.05) is 57.0 Å². The van der Waals surface area contributed by atoms with E-state index in [2.05, 4.69) is 35.6 Å². The largest absolute Gasteiger partial charge is 0.383 e. The van der Waals surface area contributed by atoms with Gasteiger partial charge in [0.2, 0.25) is 6.41 Å². The summed E-state index contributed by atoms with van der Waals surface area (Å²) in [6, 6.07) is 9.64. The van der Waals surface area contributed by atoms with Gasteiger partial charge in [-0.25, -0.2) is 9.97 Å². The van der Waals surface area contributed by atoms with Crippen molar-refractivity contribution >= 4 is 23.8 Å². The van der Waals surface area contributed by atoms with Gasteiger partial charge in [-0.3, -0.25) is 9.59 Å². The molecule has 10 nitrogen and oxygen atoms in total. The molecule has 4 heterocycles. The summed E-state index contributed by atoms with van der Waals surface area (Å²) in [5.74, 6) is 1.36. The summed E-state index contributed by atoms with van der Waals surface area (Å²) < 4.78 is 10.3. The number of amides is 2. The number of fused-ring (bicyclic) bond motifs is 2. The molecule has 220 valence electrons. The van der Waals surface area contributed by atoms with Gasteiger partial charge < -0.3 is 30.3 Å². The lowest BCUT2D eigenvalue weighted by Crippen LogP contribution is -2.57. The lowest BCUT2D eigenvalue weighted by Gasteiger charge is -2.48. The molecule has 1 aromatic carbocycles. The summed E-state index contributed by atoms with van der Waals surface area (Å²) in [6.45, 7) is 8.07.